The molecule has 0 aromatic carbocycles. The van der Waals surface area contributed by atoms with E-state index >= 15 is 0 Å². The molecular weight excluding hydrogens is 1220 g/mol. The highest BCUT2D eigenvalue weighted by Crippen LogP contribution is 2.45. The van der Waals surface area contributed by atoms with Gasteiger partial charge < -0.3 is 33.8 Å². The van der Waals surface area contributed by atoms with Gasteiger partial charge in [-0.2, -0.15) is 0 Å². The van der Waals surface area contributed by atoms with Gasteiger partial charge >= 0.3 is 39.5 Å². The van der Waals surface area contributed by atoms with Crippen molar-refractivity contribution in [1.29, 1.82) is 0 Å². The van der Waals surface area contributed by atoms with Gasteiger partial charge in [0.25, 0.3) is 0 Å². The number of aliphatic hydroxyl groups excluding tert-OH is 1. The van der Waals surface area contributed by atoms with Crippen LogP contribution in [0, 0.1) is 5.92 Å². The largest absolute Gasteiger partial charge is 0.472 e. The summed E-state index contributed by atoms with van der Waals surface area (Å²) in [5, 5.41) is 10.6. The van der Waals surface area contributed by atoms with Crippen molar-refractivity contribution in [1.82, 2.24) is 0 Å². The molecule has 0 amide bonds. The lowest BCUT2D eigenvalue weighted by molar-refractivity contribution is -0.161. The normalized spacial score (nSPS) is 14.3. The van der Waals surface area contributed by atoms with E-state index in [4.69, 9.17) is 37.0 Å². The molecular formula is C74H144O17P2. The van der Waals surface area contributed by atoms with Gasteiger partial charge in [0.05, 0.1) is 26.4 Å². The van der Waals surface area contributed by atoms with Crippen molar-refractivity contribution < 1.29 is 80.2 Å². The molecule has 0 heterocycles. The monoisotopic (exact) mass is 1370 g/mol. The molecule has 0 aliphatic heterocycles. The van der Waals surface area contributed by atoms with Crippen molar-refractivity contribution in [2.45, 2.75) is 406 Å². The minimum absolute atomic E-state index is 0.106. The van der Waals surface area contributed by atoms with E-state index in [0.29, 0.717) is 25.7 Å². The van der Waals surface area contributed by atoms with Crippen LogP contribution in [0.15, 0.2) is 0 Å². The Balaban J connectivity index is 5.20. The Hall–Kier alpha value is -1.94. The van der Waals surface area contributed by atoms with E-state index in [-0.39, 0.29) is 25.7 Å². The van der Waals surface area contributed by atoms with E-state index in [1.165, 1.54) is 205 Å². The number of ether oxygens (including phenoxy) is 4. The Morgan fingerprint density at radius 3 is 0.763 bits per heavy atom. The zero-order valence-electron chi connectivity index (χ0n) is 60.4. The zero-order valence-corrected chi connectivity index (χ0v) is 62.2. The van der Waals surface area contributed by atoms with E-state index in [1.807, 2.05) is 0 Å². The fourth-order valence-corrected chi connectivity index (χ4v) is 12.9. The van der Waals surface area contributed by atoms with Crippen molar-refractivity contribution in [3.63, 3.8) is 0 Å². The SMILES string of the molecule is CCCCCCCCCCCCCCCCCCCCCCC(=O)O[C@H](COC(=O)CCCCCCCCCCCCCC)COP(=O)(O)OC[C@@H](O)COP(=O)(O)OC[C@@H](COC(=O)CCCCCCCCC(C)CC)OC(=O)CCCCCCCCCCCCC. The Morgan fingerprint density at radius 1 is 0.301 bits per heavy atom. The summed E-state index contributed by atoms with van der Waals surface area (Å²) >= 11 is 0. The Kier molecular flexibility index (Phi) is 65.9. The van der Waals surface area contributed by atoms with Crippen LogP contribution in [-0.2, 0) is 65.4 Å². The fourth-order valence-electron chi connectivity index (χ4n) is 11.3. The first-order valence-corrected chi connectivity index (χ1v) is 41.7. The molecule has 0 aliphatic carbocycles. The summed E-state index contributed by atoms with van der Waals surface area (Å²) in [7, 11) is -9.90. The van der Waals surface area contributed by atoms with E-state index in [0.717, 1.165) is 102 Å². The van der Waals surface area contributed by atoms with Crippen molar-refractivity contribution in [2.24, 2.45) is 5.92 Å². The van der Waals surface area contributed by atoms with Gasteiger partial charge in [0.1, 0.15) is 19.3 Å². The molecule has 19 heteroatoms. The molecule has 93 heavy (non-hydrogen) atoms. The molecule has 17 nitrogen and oxygen atoms in total. The molecule has 552 valence electrons. The predicted octanol–water partition coefficient (Wildman–Crippen LogP) is 21.7. The molecule has 0 aromatic heterocycles. The lowest BCUT2D eigenvalue weighted by atomic mass is 10.00. The number of rotatable bonds is 74. The standard InChI is InChI=1S/C74H144O17P2/c1-6-10-13-16-19-22-25-27-28-29-30-31-32-33-34-37-40-43-50-55-60-74(79)90-69(63-84-71(76)57-52-47-41-38-36-26-23-20-17-14-11-7-2)65-88-92(80,81)86-61-68(75)62-87-93(82,83)89-66-70(64-85-72(77)58-53-48-45-44-46-51-56-67(5)9-4)91-73(78)59-54-49-42-39-35-24-21-18-15-12-8-3/h67-70,75H,6-66H2,1-5H3,(H,80,81)(H,82,83)/t67?,68-,69-,70-/m1/s1. The van der Waals surface area contributed by atoms with Crippen LogP contribution >= 0.6 is 15.6 Å². The number of aliphatic hydroxyl groups is 1. The van der Waals surface area contributed by atoms with Crippen molar-refractivity contribution >= 4 is 39.5 Å². The first kappa shape index (κ1) is 91.1. The average Bonchev–Trinajstić information content (AvgIpc) is 1.47. The number of hydrogen-bond acceptors (Lipinski definition) is 15. The van der Waals surface area contributed by atoms with Gasteiger partial charge in [0.2, 0.25) is 0 Å². The van der Waals surface area contributed by atoms with E-state index < -0.39 is 97.5 Å². The molecule has 0 saturated carbocycles. The average molecular weight is 1370 g/mol. The van der Waals surface area contributed by atoms with E-state index in [9.17, 15) is 43.2 Å². The highest BCUT2D eigenvalue weighted by molar-refractivity contribution is 7.47. The second-order valence-electron chi connectivity index (χ2n) is 26.9. The van der Waals surface area contributed by atoms with Crippen LogP contribution in [0.25, 0.3) is 0 Å². The molecule has 0 saturated heterocycles. The summed E-state index contributed by atoms with van der Waals surface area (Å²) in [6.45, 7) is 7.23. The maximum atomic E-state index is 13.1. The molecule has 3 unspecified atom stereocenters. The van der Waals surface area contributed by atoms with Gasteiger partial charge in [-0.05, 0) is 31.6 Å². The molecule has 0 aliphatic rings. The Labute approximate surface area is 568 Å². The number of unbranched alkanes of at least 4 members (excludes halogenated alkanes) is 45. The van der Waals surface area contributed by atoms with E-state index in [2.05, 4.69) is 34.6 Å². The van der Waals surface area contributed by atoms with E-state index in [1.54, 1.807) is 0 Å². The molecule has 6 atom stereocenters. The summed E-state index contributed by atoms with van der Waals surface area (Å²) < 4.78 is 68.4. The number of hydrogen-bond donors (Lipinski definition) is 3. The van der Waals surface area contributed by atoms with Crippen LogP contribution in [0.3, 0.4) is 0 Å². The highest BCUT2D eigenvalue weighted by Gasteiger charge is 2.30. The van der Waals surface area contributed by atoms with Gasteiger partial charge in [-0.3, -0.25) is 37.3 Å². The number of esters is 4. The number of carbonyl (C=O) groups excluding carboxylic acids is 4. The van der Waals surface area contributed by atoms with Crippen molar-refractivity contribution in [3.05, 3.63) is 0 Å². The third-order valence-electron chi connectivity index (χ3n) is 17.6. The van der Waals surface area contributed by atoms with Crippen molar-refractivity contribution in [2.75, 3.05) is 39.6 Å². The zero-order chi connectivity index (χ0) is 68.4. The van der Waals surface area contributed by atoms with Gasteiger partial charge in [-0.25, -0.2) is 9.13 Å². The second kappa shape index (κ2) is 67.3. The minimum atomic E-state index is -4.95. The third-order valence-corrected chi connectivity index (χ3v) is 19.5. The first-order valence-electron chi connectivity index (χ1n) is 38.7. The smallest absolute Gasteiger partial charge is 0.462 e. The van der Waals surface area contributed by atoms with Gasteiger partial charge in [-0.1, -0.05) is 336 Å². The van der Waals surface area contributed by atoms with Crippen LogP contribution in [0.2, 0.25) is 0 Å². The Bertz CT molecular complexity index is 1790. The summed E-state index contributed by atoms with van der Waals surface area (Å²) in [4.78, 5) is 72.7. The second-order valence-corrected chi connectivity index (χ2v) is 29.8. The predicted molar refractivity (Wildman–Crippen MR) is 377 cm³/mol. The van der Waals surface area contributed by atoms with Gasteiger partial charge in [-0.15, -0.1) is 0 Å². The third kappa shape index (κ3) is 67.0. The topological polar surface area (TPSA) is 237 Å². The molecule has 0 radical (unpaired) electrons. The molecule has 0 fully saturated rings. The van der Waals surface area contributed by atoms with Crippen LogP contribution < -0.4 is 0 Å². The van der Waals surface area contributed by atoms with Crippen LogP contribution in [0.4, 0.5) is 0 Å². The minimum Gasteiger partial charge on any atom is -0.462 e. The molecule has 0 rings (SSSR count). The lowest BCUT2D eigenvalue weighted by Gasteiger charge is -2.21. The quantitative estimate of drug-likeness (QED) is 0.0222. The van der Waals surface area contributed by atoms with Crippen molar-refractivity contribution in [3.8, 4) is 0 Å². The van der Waals surface area contributed by atoms with Crippen LogP contribution in [-0.4, -0.2) is 96.7 Å². The molecule has 0 aromatic rings. The number of phosphoric acid groups is 2. The first-order chi connectivity index (χ1) is 45.1. The molecule has 0 bridgehead atoms. The Morgan fingerprint density at radius 2 is 0.516 bits per heavy atom. The van der Waals surface area contributed by atoms with Crippen LogP contribution in [0.5, 0.6) is 0 Å². The maximum Gasteiger partial charge on any atom is 0.472 e. The maximum absolute atomic E-state index is 13.1. The highest BCUT2D eigenvalue weighted by atomic mass is 31.2. The number of phosphoric ester groups is 2. The van der Waals surface area contributed by atoms with Gasteiger partial charge in [0.15, 0.2) is 12.2 Å². The summed E-state index contributed by atoms with van der Waals surface area (Å²) in [6.07, 6.45) is 55.5. The molecule has 0 spiro atoms. The van der Waals surface area contributed by atoms with Gasteiger partial charge in [0, 0.05) is 25.7 Å². The van der Waals surface area contributed by atoms with Crippen LogP contribution in [0.1, 0.15) is 388 Å². The summed E-state index contributed by atoms with van der Waals surface area (Å²) in [5.41, 5.74) is 0. The molecule has 3 N–H and O–H groups in total. The summed E-state index contributed by atoms with van der Waals surface area (Å²) in [6, 6.07) is 0. The lowest BCUT2D eigenvalue weighted by Crippen LogP contribution is -2.30. The fraction of sp³-hybridized carbons (Fsp3) is 0.946. The number of carbonyl (C=O) groups is 4. The summed E-state index contributed by atoms with van der Waals surface area (Å²) in [5.74, 6) is -1.39.